The monoisotopic (exact) mass is 461 g/mol. The van der Waals surface area contributed by atoms with Crippen LogP contribution in [0.1, 0.15) is 43.2 Å². The summed E-state index contributed by atoms with van der Waals surface area (Å²) in [5, 5.41) is 5.96. The highest BCUT2D eigenvalue weighted by Gasteiger charge is 2.61. The predicted molar refractivity (Wildman–Crippen MR) is 106 cm³/mol. The first kappa shape index (κ1) is 23.5. The third kappa shape index (κ3) is 4.29. The number of hydrogen-bond acceptors (Lipinski definition) is 7. The molecule has 0 spiro atoms. The van der Waals surface area contributed by atoms with E-state index < -0.39 is 38.6 Å². The minimum absolute atomic E-state index is 0.0296. The predicted octanol–water partition coefficient (Wildman–Crippen LogP) is 1.88. The van der Waals surface area contributed by atoms with Crippen LogP contribution in [0, 0.1) is 11.6 Å². The van der Waals surface area contributed by atoms with Crippen molar-refractivity contribution in [2.45, 2.75) is 43.9 Å². The molecule has 9 nitrogen and oxygen atoms in total. The van der Waals surface area contributed by atoms with Gasteiger partial charge >= 0.3 is 5.76 Å². The van der Waals surface area contributed by atoms with Gasteiger partial charge in [-0.2, -0.15) is 4.31 Å². The second kappa shape index (κ2) is 8.41. The maximum absolute atomic E-state index is 15.3. The summed E-state index contributed by atoms with van der Waals surface area (Å²) in [4.78, 5) is 11.5. The van der Waals surface area contributed by atoms with Crippen LogP contribution in [0.3, 0.4) is 0 Å². The highest BCUT2D eigenvalue weighted by molar-refractivity contribution is 7.88. The maximum Gasteiger partial charge on any atom is 0.434 e. The van der Waals surface area contributed by atoms with Crippen LogP contribution in [0.15, 0.2) is 21.3 Å². The SMILES string of the molecule is CCCN(Cc1cc(F)c(C2(c3n[nH]c(=O)o3)CC(OC)(OC)C2)cc1F)S(C)(=O)=O. The molecular weight excluding hydrogens is 436 g/mol. The van der Waals surface area contributed by atoms with E-state index in [1.807, 2.05) is 0 Å². The molecular formula is C19H25F2N3O6S. The molecule has 0 amide bonds. The van der Waals surface area contributed by atoms with E-state index in [-0.39, 0.29) is 42.9 Å². The van der Waals surface area contributed by atoms with E-state index in [0.29, 0.717) is 6.42 Å². The number of methoxy groups -OCH3 is 2. The number of aromatic amines is 1. The molecule has 0 atom stereocenters. The number of nitrogens with zero attached hydrogens (tertiary/aromatic N) is 2. The number of H-pyrrole nitrogens is 1. The normalized spacial score (nSPS) is 17.6. The Morgan fingerprint density at radius 3 is 2.35 bits per heavy atom. The van der Waals surface area contributed by atoms with E-state index in [9.17, 15) is 13.2 Å². The third-order valence-electron chi connectivity index (χ3n) is 5.67. The zero-order chi connectivity index (χ0) is 23.0. The molecule has 1 aliphatic rings. The van der Waals surface area contributed by atoms with Crippen LogP contribution < -0.4 is 5.76 Å². The molecule has 12 heteroatoms. The number of ether oxygens (including phenoxy) is 2. The average molecular weight is 461 g/mol. The summed E-state index contributed by atoms with van der Waals surface area (Å²) < 4.78 is 71.1. The Hall–Kier alpha value is -2.15. The number of benzene rings is 1. The fourth-order valence-corrected chi connectivity index (χ4v) is 4.90. The fraction of sp³-hybridized carbons (Fsp3) is 0.579. The summed E-state index contributed by atoms with van der Waals surface area (Å²) >= 11 is 0. The van der Waals surface area contributed by atoms with Crippen molar-refractivity contribution in [2.75, 3.05) is 27.0 Å². The van der Waals surface area contributed by atoms with E-state index in [4.69, 9.17) is 13.9 Å². The first-order chi connectivity index (χ1) is 14.5. The molecule has 31 heavy (non-hydrogen) atoms. The first-order valence-electron chi connectivity index (χ1n) is 9.60. The average Bonchev–Trinajstić information content (AvgIpc) is 3.10. The second-order valence-corrected chi connectivity index (χ2v) is 9.68. The van der Waals surface area contributed by atoms with Gasteiger partial charge in [0.15, 0.2) is 5.79 Å². The lowest BCUT2D eigenvalue weighted by molar-refractivity contribution is -0.275. The molecule has 1 N–H and O–H groups in total. The van der Waals surface area contributed by atoms with Gasteiger partial charge in [0.25, 0.3) is 0 Å². The first-order valence-corrected chi connectivity index (χ1v) is 11.4. The lowest BCUT2D eigenvalue weighted by atomic mass is 9.60. The molecule has 0 unspecified atom stereocenters. The van der Waals surface area contributed by atoms with Gasteiger partial charge in [-0.15, -0.1) is 5.10 Å². The summed E-state index contributed by atoms with van der Waals surface area (Å²) in [7, 11) is -0.765. The van der Waals surface area contributed by atoms with Gasteiger partial charge in [0.2, 0.25) is 15.9 Å². The van der Waals surface area contributed by atoms with Gasteiger partial charge in [-0.25, -0.2) is 27.1 Å². The number of aromatic nitrogens is 2. The van der Waals surface area contributed by atoms with Crippen LogP contribution in [0.4, 0.5) is 8.78 Å². The molecule has 0 bridgehead atoms. The van der Waals surface area contributed by atoms with Crippen LogP contribution in [0.25, 0.3) is 0 Å². The summed E-state index contributed by atoms with van der Waals surface area (Å²) in [6, 6.07) is 1.95. The minimum Gasteiger partial charge on any atom is -0.391 e. The van der Waals surface area contributed by atoms with Crippen molar-refractivity contribution in [1.82, 2.24) is 14.5 Å². The standard InChI is InChI=1S/C19H25F2N3O6S/c1-5-6-24(31(4,26)27)9-12-7-15(21)13(8-14(12)20)18(16-22-23-17(25)30-16)10-19(11-18,28-2)29-3/h7-8H,5-6,9-11H2,1-4H3,(H,23,25). The number of hydrogen-bond donors (Lipinski definition) is 1. The molecule has 1 saturated carbocycles. The van der Waals surface area contributed by atoms with Crippen LogP contribution in [0.2, 0.25) is 0 Å². The molecule has 1 aromatic carbocycles. The van der Waals surface area contributed by atoms with E-state index in [0.717, 1.165) is 22.7 Å². The number of rotatable bonds is 9. The molecule has 0 radical (unpaired) electrons. The van der Waals surface area contributed by atoms with Crippen molar-refractivity contribution in [2.24, 2.45) is 0 Å². The second-order valence-electron chi connectivity index (χ2n) is 7.69. The largest absolute Gasteiger partial charge is 0.434 e. The molecule has 2 aromatic rings. The van der Waals surface area contributed by atoms with Crippen molar-refractivity contribution in [3.8, 4) is 0 Å². The Balaban J connectivity index is 2.05. The summed E-state index contributed by atoms with van der Waals surface area (Å²) in [5.74, 6) is -3.59. The Morgan fingerprint density at radius 1 is 1.23 bits per heavy atom. The van der Waals surface area contributed by atoms with Crippen LogP contribution >= 0.6 is 0 Å². The smallest absolute Gasteiger partial charge is 0.391 e. The summed E-state index contributed by atoms with van der Waals surface area (Å²) in [5.41, 5.74) is -1.49. The van der Waals surface area contributed by atoms with E-state index in [1.165, 1.54) is 14.2 Å². The van der Waals surface area contributed by atoms with E-state index in [2.05, 4.69) is 10.2 Å². The van der Waals surface area contributed by atoms with E-state index in [1.54, 1.807) is 6.92 Å². The molecule has 172 valence electrons. The summed E-state index contributed by atoms with van der Waals surface area (Å²) in [6.45, 7) is 1.66. The molecule has 1 aromatic heterocycles. The maximum atomic E-state index is 15.3. The Bertz CT molecular complexity index is 1100. The van der Waals surface area contributed by atoms with Gasteiger partial charge < -0.3 is 13.9 Å². The lowest BCUT2D eigenvalue weighted by Gasteiger charge is -2.52. The molecule has 1 heterocycles. The highest BCUT2D eigenvalue weighted by Crippen LogP contribution is 2.56. The number of sulfonamides is 1. The fourth-order valence-electron chi connectivity index (χ4n) is 4.01. The zero-order valence-corrected chi connectivity index (χ0v) is 18.5. The van der Waals surface area contributed by atoms with Gasteiger partial charge in [-0.05, 0) is 18.6 Å². The topological polar surface area (TPSA) is 115 Å². The Kier molecular flexibility index (Phi) is 6.38. The van der Waals surface area contributed by atoms with E-state index >= 15 is 8.78 Å². The highest BCUT2D eigenvalue weighted by atomic mass is 32.2. The number of nitrogens with one attached hydrogen (secondary N) is 1. The molecule has 0 saturated heterocycles. The molecule has 3 rings (SSSR count). The molecule has 1 aliphatic carbocycles. The van der Waals surface area contributed by atoms with Crippen molar-refractivity contribution in [3.05, 3.63) is 51.3 Å². The third-order valence-corrected chi connectivity index (χ3v) is 6.92. The zero-order valence-electron chi connectivity index (χ0n) is 17.7. The van der Waals surface area contributed by atoms with Gasteiger partial charge in [0, 0.05) is 51.3 Å². The van der Waals surface area contributed by atoms with Gasteiger partial charge in [0.05, 0.1) is 11.7 Å². The Morgan fingerprint density at radius 2 is 1.87 bits per heavy atom. The van der Waals surface area contributed by atoms with Gasteiger partial charge in [-0.1, -0.05) is 6.92 Å². The van der Waals surface area contributed by atoms with Crippen molar-refractivity contribution in [3.63, 3.8) is 0 Å². The van der Waals surface area contributed by atoms with Crippen molar-refractivity contribution < 1.29 is 31.1 Å². The van der Waals surface area contributed by atoms with Crippen molar-refractivity contribution >= 4 is 10.0 Å². The van der Waals surface area contributed by atoms with Gasteiger partial charge in [-0.3, -0.25) is 0 Å². The van der Waals surface area contributed by atoms with Crippen LogP contribution in [-0.2, 0) is 31.5 Å². The summed E-state index contributed by atoms with van der Waals surface area (Å²) in [6.07, 6.45) is 1.60. The minimum atomic E-state index is -3.60. The van der Waals surface area contributed by atoms with Gasteiger partial charge in [0.1, 0.15) is 11.6 Å². The quantitative estimate of drug-likeness (QED) is 0.567. The molecule has 1 fully saturated rings. The lowest BCUT2D eigenvalue weighted by Crippen LogP contribution is -2.58. The van der Waals surface area contributed by atoms with Crippen LogP contribution in [0.5, 0.6) is 0 Å². The van der Waals surface area contributed by atoms with Crippen molar-refractivity contribution in [1.29, 1.82) is 0 Å². The Labute approximate surface area is 178 Å². The number of halogens is 2. The van der Waals surface area contributed by atoms with Crippen LogP contribution in [-0.4, -0.2) is 55.7 Å². The molecule has 0 aliphatic heterocycles.